The molecular weight excluding hydrogens is 358 g/mol. The van der Waals surface area contributed by atoms with Gasteiger partial charge in [-0.1, -0.05) is 13.8 Å². The van der Waals surface area contributed by atoms with Gasteiger partial charge in [-0.25, -0.2) is 19.6 Å². The smallest absolute Gasteiger partial charge is 0.328 e. The Kier molecular flexibility index (Phi) is 13.2. The zero-order valence-electron chi connectivity index (χ0n) is 15.7. The Labute approximate surface area is 157 Å². The number of aliphatic hydroxyl groups is 1. The first-order valence-electron chi connectivity index (χ1n) is 8.22. The molecule has 0 amide bonds. The Hall–Kier alpha value is -2.56. The van der Waals surface area contributed by atoms with Crippen molar-refractivity contribution in [3.63, 3.8) is 0 Å². The van der Waals surface area contributed by atoms with E-state index in [2.05, 4.69) is 15.3 Å². The Morgan fingerprint density at radius 2 is 1.74 bits per heavy atom. The molecule has 1 heterocycles. The number of aliphatic carboxylic acids is 2. The van der Waals surface area contributed by atoms with Crippen molar-refractivity contribution >= 4 is 11.9 Å². The van der Waals surface area contributed by atoms with Crippen molar-refractivity contribution < 1.29 is 34.4 Å². The summed E-state index contributed by atoms with van der Waals surface area (Å²) >= 11 is 0. The minimum absolute atomic E-state index is 0.178. The van der Waals surface area contributed by atoms with Crippen molar-refractivity contribution in [3.8, 4) is 6.01 Å². The summed E-state index contributed by atoms with van der Waals surface area (Å²) in [5.74, 6) is -2.51. The third kappa shape index (κ3) is 15.4. The predicted octanol–water partition coefficient (Wildman–Crippen LogP) is 0.115. The summed E-state index contributed by atoms with van der Waals surface area (Å²) in [7, 11) is 1.66. The second-order valence-corrected chi connectivity index (χ2v) is 5.65. The van der Waals surface area contributed by atoms with E-state index in [0.717, 1.165) is 12.0 Å². The van der Waals surface area contributed by atoms with Crippen LogP contribution in [0.1, 0.15) is 19.4 Å². The van der Waals surface area contributed by atoms with Gasteiger partial charge in [0.25, 0.3) is 0 Å². The van der Waals surface area contributed by atoms with Crippen LogP contribution in [0.4, 0.5) is 0 Å². The van der Waals surface area contributed by atoms with Crippen LogP contribution in [0.25, 0.3) is 0 Å². The van der Waals surface area contributed by atoms with Gasteiger partial charge in [0.1, 0.15) is 12.7 Å². The number of carboxylic acids is 2. The summed E-state index contributed by atoms with van der Waals surface area (Å²) < 4.78 is 10.3. The van der Waals surface area contributed by atoms with E-state index in [1.54, 1.807) is 19.5 Å². The van der Waals surface area contributed by atoms with E-state index < -0.39 is 18.0 Å². The largest absolute Gasteiger partial charge is 0.478 e. The standard InChI is InChI=1S/C13H23N3O3.C4H4O4/c1-10(2)14-8-12(17)9-19-13-15-6-11(7-16-13)4-5-18-3;5-3(6)1-2-4(7)8/h6-7,10,12,14,17H,4-5,8-9H2,1-3H3;1-2H,(H,5,6)(H,7,8)/b;2-1+. The second-order valence-electron chi connectivity index (χ2n) is 5.65. The Bertz CT molecular complexity index is 560. The molecule has 10 nitrogen and oxygen atoms in total. The van der Waals surface area contributed by atoms with Gasteiger partial charge in [-0.3, -0.25) is 0 Å². The van der Waals surface area contributed by atoms with Crippen LogP contribution in [0, 0.1) is 0 Å². The third-order valence-corrected chi connectivity index (χ3v) is 2.81. The van der Waals surface area contributed by atoms with Crippen molar-refractivity contribution in [2.45, 2.75) is 32.4 Å². The number of hydrogen-bond donors (Lipinski definition) is 4. The number of carbonyl (C=O) groups is 2. The summed E-state index contributed by atoms with van der Waals surface area (Å²) in [4.78, 5) is 27.3. The number of aliphatic hydroxyl groups excluding tert-OH is 1. The minimum atomic E-state index is -1.26. The number of hydrogen-bond acceptors (Lipinski definition) is 8. The maximum Gasteiger partial charge on any atom is 0.328 e. The molecule has 0 bridgehead atoms. The summed E-state index contributed by atoms with van der Waals surface area (Å²) in [5.41, 5.74) is 0.997. The Balaban J connectivity index is 0.000000713. The second kappa shape index (κ2) is 14.6. The molecule has 0 saturated heterocycles. The van der Waals surface area contributed by atoms with Crippen LogP contribution in [0.2, 0.25) is 0 Å². The van der Waals surface area contributed by atoms with Crippen LogP contribution in [0.5, 0.6) is 6.01 Å². The number of methoxy groups -OCH3 is 1. The van der Waals surface area contributed by atoms with Gasteiger partial charge in [-0.15, -0.1) is 0 Å². The van der Waals surface area contributed by atoms with Crippen molar-refractivity contribution in [3.05, 3.63) is 30.1 Å². The molecule has 1 atom stereocenters. The average Bonchev–Trinajstić information content (AvgIpc) is 2.62. The predicted molar refractivity (Wildman–Crippen MR) is 96.7 cm³/mol. The highest BCUT2D eigenvalue weighted by Crippen LogP contribution is 2.04. The molecule has 0 aliphatic carbocycles. The van der Waals surface area contributed by atoms with Crippen LogP contribution in [0.3, 0.4) is 0 Å². The lowest BCUT2D eigenvalue weighted by atomic mass is 10.3. The molecule has 0 radical (unpaired) electrons. The fraction of sp³-hybridized carbons (Fsp3) is 0.529. The van der Waals surface area contributed by atoms with Gasteiger partial charge < -0.3 is 30.1 Å². The lowest BCUT2D eigenvalue weighted by Gasteiger charge is -2.14. The molecular formula is C17H27N3O7. The van der Waals surface area contributed by atoms with Gasteiger partial charge in [0.15, 0.2) is 0 Å². The van der Waals surface area contributed by atoms with Crippen molar-refractivity contribution in [1.29, 1.82) is 0 Å². The third-order valence-electron chi connectivity index (χ3n) is 2.81. The number of aromatic nitrogens is 2. The summed E-state index contributed by atoms with van der Waals surface area (Å²) in [6, 6.07) is 0.621. The van der Waals surface area contributed by atoms with Crippen molar-refractivity contribution in [1.82, 2.24) is 15.3 Å². The Morgan fingerprint density at radius 3 is 2.19 bits per heavy atom. The molecule has 1 aromatic heterocycles. The number of rotatable bonds is 11. The van der Waals surface area contributed by atoms with Crippen molar-refractivity contribution in [2.24, 2.45) is 0 Å². The van der Waals surface area contributed by atoms with Crippen LogP contribution in [-0.4, -0.2) is 76.2 Å². The van der Waals surface area contributed by atoms with Gasteiger partial charge in [-0.05, 0) is 12.0 Å². The summed E-state index contributed by atoms with van der Waals surface area (Å²) in [6.45, 7) is 5.36. The van der Waals surface area contributed by atoms with Crippen LogP contribution < -0.4 is 10.1 Å². The quantitative estimate of drug-likeness (QED) is 0.386. The van der Waals surface area contributed by atoms with Gasteiger partial charge in [0, 0.05) is 44.2 Å². The maximum atomic E-state index is 9.67. The molecule has 1 unspecified atom stereocenters. The normalized spacial score (nSPS) is 11.7. The molecule has 0 aliphatic rings. The fourth-order valence-corrected chi connectivity index (χ4v) is 1.51. The van der Waals surface area contributed by atoms with E-state index in [1.165, 1.54) is 0 Å². The molecule has 1 aromatic rings. The Morgan fingerprint density at radius 1 is 1.19 bits per heavy atom. The van der Waals surface area contributed by atoms with E-state index in [9.17, 15) is 14.7 Å². The molecule has 27 heavy (non-hydrogen) atoms. The fourth-order valence-electron chi connectivity index (χ4n) is 1.51. The minimum Gasteiger partial charge on any atom is -0.478 e. The molecule has 10 heteroatoms. The first kappa shape index (κ1) is 24.4. The molecule has 0 aliphatic heterocycles. The zero-order chi connectivity index (χ0) is 20.7. The van der Waals surface area contributed by atoms with E-state index in [1.807, 2.05) is 13.8 Å². The lowest BCUT2D eigenvalue weighted by Crippen LogP contribution is -2.35. The highest BCUT2D eigenvalue weighted by molar-refractivity contribution is 5.89. The van der Waals surface area contributed by atoms with Crippen LogP contribution in [0.15, 0.2) is 24.5 Å². The highest BCUT2D eigenvalue weighted by Gasteiger charge is 2.07. The number of nitrogens with zero attached hydrogens (tertiary/aromatic N) is 2. The molecule has 1 rings (SSSR count). The molecule has 0 saturated carbocycles. The first-order valence-corrected chi connectivity index (χ1v) is 8.22. The average molecular weight is 385 g/mol. The van der Waals surface area contributed by atoms with Gasteiger partial charge >= 0.3 is 17.9 Å². The van der Waals surface area contributed by atoms with E-state index >= 15 is 0 Å². The molecule has 0 fully saturated rings. The van der Waals surface area contributed by atoms with Gasteiger partial charge in [0.2, 0.25) is 0 Å². The summed E-state index contributed by atoms with van der Waals surface area (Å²) in [5, 5.41) is 28.4. The van der Waals surface area contributed by atoms with Gasteiger partial charge in [-0.2, -0.15) is 0 Å². The molecule has 0 spiro atoms. The molecule has 4 N–H and O–H groups in total. The highest BCUT2D eigenvalue weighted by atomic mass is 16.5. The number of nitrogens with one attached hydrogen (secondary N) is 1. The topological polar surface area (TPSA) is 151 Å². The molecule has 0 aromatic carbocycles. The van der Waals surface area contributed by atoms with Crippen molar-refractivity contribution in [2.75, 3.05) is 26.9 Å². The van der Waals surface area contributed by atoms with Gasteiger partial charge in [0.05, 0.1) is 6.61 Å². The zero-order valence-corrected chi connectivity index (χ0v) is 15.7. The maximum absolute atomic E-state index is 9.67. The number of carboxylic acid groups (broad SMARTS) is 2. The number of ether oxygens (including phenoxy) is 2. The van der Waals surface area contributed by atoms with Crippen LogP contribution >= 0.6 is 0 Å². The lowest BCUT2D eigenvalue weighted by molar-refractivity contribution is -0.134. The first-order chi connectivity index (χ1) is 12.7. The van der Waals surface area contributed by atoms with E-state index in [-0.39, 0.29) is 12.6 Å². The SMILES string of the molecule is COCCc1cnc(OCC(O)CNC(C)C)nc1.O=C(O)/C=C/C(=O)O. The molecule has 152 valence electrons. The van der Waals surface area contributed by atoms with E-state index in [4.69, 9.17) is 19.7 Å². The van der Waals surface area contributed by atoms with E-state index in [0.29, 0.717) is 31.3 Å². The van der Waals surface area contributed by atoms with Crippen LogP contribution in [-0.2, 0) is 20.7 Å². The monoisotopic (exact) mass is 385 g/mol. The summed E-state index contributed by atoms with van der Waals surface area (Å²) in [6.07, 6.45) is 4.74.